The molecule has 1 rings (SSSR count). The van der Waals surface area contributed by atoms with Crippen LogP contribution in [0.3, 0.4) is 0 Å². The second kappa shape index (κ2) is 4.51. The van der Waals surface area contributed by atoms with Crippen LogP contribution in [0.2, 0.25) is 0 Å². The first-order valence-electron chi connectivity index (χ1n) is 3.44. The summed E-state index contributed by atoms with van der Waals surface area (Å²) >= 11 is 11.0. The molecule has 3 heteroatoms. The number of hydrogen-bond acceptors (Lipinski definition) is 1. The van der Waals surface area contributed by atoms with Crippen LogP contribution in [0, 0.1) is 0 Å². The minimum atomic E-state index is -0.814. The van der Waals surface area contributed by atoms with Gasteiger partial charge in [-0.3, -0.25) is 0 Å². The minimum absolute atomic E-state index is 0.225. The molecule has 1 atom stereocenters. The van der Waals surface area contributed by atoms with E-state index in [0.717, 1.165) is 5.56 Å². The van der Waals surface area contributed by atoms with Crippen LogP contribution in [0.15, 0.2) is 40.9 Å². The molecule has 12 heavy (non-hydrogen) atoms. The molecule has 1 nitrogen and oxygen atoms in total. The fourth-order valence-corrected chi connectivity index (χ4v) is 1.10. The maximum Gasteiger partial charge on any atom is 0.115 e. The largest absolute Gasteiger partial charge is 0.383 e. The lowest BCUT2D eigenvalue weighted by atomic mass is 10.1. The van der Waals surface area contributed by atoms with Gasteiger partial charge in [0.05, 0.1) is 5.03 Å². The first kappa shape index (κ1) is 9.59. The topological polar surface area (TPSA) is 20.2 Å². The highest BCUT2D eigenvalue weighted by atomic mass is 35.5. The summed E-state index contributed by atoms with van der Waals surface area (Å²) in [5.41, 5.74) is 1.90. The van der Waals surface area contributed by atoms with Crippen LogP contribution >= 0.6 is 23.2 Å². The van der Waals surface area contributed by atoms with E-state index in [4.69, 9.17) is 23.2 Å². The number of aliphatic hydroxyl groups is 1. The zero-order chi connectivity index (χ0) is 8.97. The van der Waals surface area contributed by atoms with Gasteiger partial charge >= 0.3 is 0 Å². The molecule has 1 N–H and O–H groups in total. The van der Waals surface area contributed by atoms with Crippen molar-refractivity contribution >= 4 is 23.2 Å². The van der Waals surface area contributed by atoms with Crippen molar-refractivity contribution in [2.24, 2.45) is 0 Å². The van der Waals surface area contributed by atoms with Crippen LogP contribution in [0.5, 0.6) is 0 Å². The average Bonchev–Trinajstić information content (AvgIpc) is 2.17. The Morgan fingerprint density at radius 2 is 1.92 bits per heavy atom. The third-order valence-corrected chi connectivity index (χ3v) is 2.14. The van der Waals surface area contributed by atoms with Crippen molar-refractivity contribution in [3.05, 3.63) is 46.5 Å². The van der Waals surface area contributed by atoms with E-state index >= 15 is 0 Å². The van der Waals surface area contributed by atoms with Gasteiger partial charge in [-0.15, -0.1) is 0 Å². The SMILES string of the molecule is OC(/C(Cl)=C\Cl)c1ccccc1. The predicted molar refractivity (Wildman–Crippen MR) is 51.2 cm³/mol. The lowest BCUT2D eigenvalue weighted by Crippen LogP contribution is -1.95. The highest BCUT2D eigenvalue weighted by Crippen LogP contribution is 2.24. The fraction of sp³-hybridized carbons (Fsp3) is 0.111. The third kappa shape index (κ3) is 2.24. The van der Waals surface area contributed by atoms with Gasteiger partial charge in [0.1, 0.15) is 6.10 Å². The van der Waals surface area contributed by atoms with Crippen LogP contribution < -0.4 is 0 Å². The lowest BCUT2D eigenvalue weighted by molar-refractivity contribution is 0.224. The summed E-state index contributed by atoms with van der Waals surface area (Å²) in [5, 5.41) is 9.73. The molecule has 0 fully saturated rings. The summed E-state index contributed by atoms with van der Waals surface area (Å²) in [7, 11) is 0. The Bertz CT molecular complexity index is 269. The van der Waals surface area contributed by atoms with Gasteiger partial charge in [0.2, 0.25) is 0 Å². The van der Waals surface area contributed by atoms with Gasteiger partial charge < -0.3 is 5.11 Å². The smallest absolute Gasteiger partial charge is 0.115 e. The molecule has 1 aromatic rings. The summed E-state index contributed by atoms with van der Waals surface area (Å²) < 4.78 is 0. The molecule has 0 aliphatic rings. The van der Waals surface area contributed by atoms with Crippen molar-refractivity contribution < 1.29 is 5.11 Å². The van der Waals surface area contributed by atoms with E-state index < -0.39 is 6.10 Å². The van der Waals surface area contributed by atoms with Crippen molar-refractivity contribution in [1.29, 1.82) is 0 Å². The van der Waals surface area contributed by atoms with Gasteiger partial charge in [0.15, 0.2) is 0 Å². The van der Waals surface area contributed by atoms with Crippen LogP contribution in [-0.2, 0) is 0 Å². The standard InChI is InChI=1S/C9H8Cl2O/c10-6-8(11)9(12)7-4-2-1-3-5-7/h1-6,9,12H/b8-6+. The highest BCUT2D eigenvalue weighted by Gasteiger charge is 2.09. The van der Waals surface area contributed by atoms with E-state index in [0.29, 0.717) is 0 Å². The molecule has 0 radical (unpaired) electrons. The Labute approximate surface area is 81.2 Å². The molecule has 0 aromatic heterocycles. The van der Waals surface area contributed by atoms with Gasteiger partial charge in [-0.25, -0.2) is 0 Å². The van der Waals surface area contributed by atoms with Crippen molar-refractivity contribution in [1.82, 2.24) is 0 Å². The molecule has 64 valence electrons. The molecular formula is C9H8Cl2O. The average molecular weight is 203 g/mol. The first-order valence-corrected chi connectivity index (χ1v) is 4.26. The summed E-state index contributed by atoms with van der Waals surface area (Å²) in [5.74, 6) is 0. The Morgan fingerprint density at radius 3 is 2.42 bits per heavy atom. The van der Waals surface area contributed by atoms with Gasteiger partial charge in [-0.05, 0) is 5.56 Å². The Morgan fingerprint density at radius 1 is 1.33 bits per heavy atom. The van der Waals surface area contributed by atoms with Crippen molar-refractivity contribution in [2.75, 3.05) is 0 Å². The van der Waals surface area contributed by atoms with E-state index in [1.807, 2.05) is 18.2 Å². The van der Waals surface area contributed by atoms with Gasteiger partial charge in [-0.1, -0.05) is 53.5 Å². The van der Waals surface area contributed by atoms with E-state index in [-0.39, 0.29) is 5.03 Å². The number of rotatable bonds is 2. The molecule has 0 saturated carbocycles. The quantitative estimate of drug-likeness (QED) is 0.783. The summed E-state index contributed by atoms with van der Waals surface area (Å²) in [6.45, 7) is 0. The van der Waals surface area contributed by atoms with Crippen LogP contribution in [-0.4, -0.2) is 5.11 Å². The second-order valence-corrected chi connectivity index (χ2v) is 2.96. The van der Waals surface area contributed by atoms with Gasteiger partial charge in [0, 0.05) is 5.54 Å². The van der Waals surface area contributed by atoms with E-state index in [1.54, 1.807) is 12.1 Å². The summed E-state index contributed by atoms with van der Waals surface area (Å²) in [6.07, 6.45) is -0.814. The molecule has 0 amide bonds. The fourth-order valence-electron chi connectivity index (χ4n) is 0.854. The third-order valence-electron chi connectivity index (χ3n) is 1.48. The molecule has 1 unspecified atom stereocenters. The van der Waals surface area contributed by atoms with Gasteiger partial charge in [0.25, 0.3) is 0 Å². The zero-order valence-electron chi connectivity index (χ0n) is 6.24. The van der Waals surface area contributed by atoms with Gasteiger partial charge in [-0.2, -0.15) is 0 Å². The predicted octanol–water partition coefficient (Wildman–Crippen LogP) is 3.04. The summed E-state index contributed by atoms with van der Waals surface area (Å²) in [4.78, 5) is 0. The number of halogens is 2. The Balaban J connectivity index is 2.86. The Kier molecular flexibility index (Phi) is 3.60. The van der Waals surface area contributed by atoms with E-state index in [1.165, 1.54) is 5.54 Å². The van der Waals surface area contributed by atoms with Crippen molar-refractivity contribution in [3.63, 3.8) is 0 Å². The zero-order valence-corrected chi connectivity index (χ0v) is 7.76. The molecule has 0 saturated heterocycles. The Hall–Kier alpha value is -0.500. The molecule has 1 aromatic carbocycles. The van der Waals surface area contributed by atoms with E-state index in [9.17, 15) is 5.11 Å². The maximum absolute atomic E-state index is 9.50. The van der Waals surface area contributed by atoms with Crippen molar-refractivity contribution in [3.8, 4) is 0 Å². The van der Waals surface area contributed by atoms with Crippen LogP contribution in [0.1, 0.15) is 11.7 Å². The highest BCUT2D eigenvalue weighted by molar-refractivity contribution is 6.36. The lowest BCUT2D eigenvalue weighted by Gasteiger charge is -2.07. The summed E-state index contributed by atoms with van der Waals surface area (Å²) in [6, 6.07) is 9.10. The molecule has 0 bridgehead atoms. The number of aliphatic hydroxyl groups excluding tert-OH is 1. The molecule has 0 heterocycles. The first-order chi connectivity index (χ1) is 5.75. The van der Waals surface area contributed by atoms with Crippen LogP contribution in [0.4, 0.5) is 0 Å². The van der Waals surface area contributed by atoms with E-state index in [2.05, 4.69) is 0 Å². The number of benzene rings is 1. The number of hydrogen-bond donors (Lipinski definition) is 1. The minimum Gasteiger partial charge on any atom is -0.383 e. The monoisotopic (exact) mass is 202 g/mol. The maximum atomic E-state index is 9.50. The van der Waals surface area contributed by atoms with Crippen molar-refractivity contribution in [2.45, 2.75) is 6.10 Å². The second-order valence-electron chi connectivity index (χ2n) is 2.31. The molecule has 0 aliphatic heterocycles. The molecule has 0 aliphatic carbocycles. The van der Waals surface area contributed by atoms with Crippen LogP contribution in [0.25, 0.3) is 0 Å². The molecular weight excluding hydrogens is 195 g/mol. The normalized spacial score (nSPS) is 14.4. The molecule has 0 spiro atoms.